The average molecular weight is 323 g/mol. The van der Waals surface area contributed by atoms with Crippen molar-refractivity contribution in [2.75, 3.05) is 11.9 Å². The van der Waals surface area contributed by atoms with Crippen LogP contribution < -0.4 is 5.32 Å². The number of carbonyl (C=O) groups is 1. The van der Waals surface area contributed by atoms with Gasteiger partial charge >= 0.3 is 5.97 Å². The highest BCUT2D eigenvalue weighted by atomic mass is 32.2. The summed E-state index contributed by atoms with van der Waals surface area (Å²) in [5.74, 6) is -0.170. The van der Waals surface area contributed by atoms with Crippen LogP contribution >= 0.6 is 0 Å². The summed E-state index contributed by atoms with van der Waals surface area (Å²) < 4.78 is 38.5. The van der Waals surface area contributed by atoms with E-state index in [0.717, 1.165) is 0 Å². The molecule has 0 atom stereocenters. The van der Waals surface area contributed by atoms with Crippen LogP contribution in [0.25, 0.3) is 11.1 Å². The van der Waals surface area contributed by atoms with Crippen LogP contribution in [0.1, 0.15) is 19.2 Å². The molecule has 0 saturated heterocycles. The number of anilines is 1. The van der Waals surface area contributed by atoms with E-state index in [2.05, 4.69) is 14.7 Å². The first-order valence-electron chi connectivity index (χ1n) is 6.57. The molecule has 0 aliphatic carbocycles. The Balaban J connectivity index is 2.06. The number of esters is 1. The van der Waals surface area contributed by atoms with Crippen LogP contribution in [0.15, 0.2) is 25.8 Å². The lowest BCUT2D eigenvalue weighted by molar-refractivity contribution is -0.141. The zero-order chi connectivity index (χ0) is 15.9. The first-order chi connectivity index (χ1) is 10.4. The number of hydrogen-bond acceptors (Lipinski definition) is 7. The van der Waals surface area contributed by atoms with Crippen molar-refractivity contribution < 1.29 is 22.4 Å². The molecule has 0 unspecified atom stereocenters. The molecule has 1 N–H and O–H groups in total. The van der Waals surface area contributed by atoms with Crippen molar-refractivity contribution in [2.24, 2.45) is 4.40 Å². The van der Waals surface area contributed by atoms with Crippen LogP contribution in [0, 0.1) is 6.92 Å². The van der Waals surface area contributed by atoms with E-state index in [0.29, 0.717) is 17.2 Å². The Labute approximate surface area is 126 Å². The Morgan fingerprint density at radius 2 is 2.18 bits per heavy atom. The van der Waals surface area contributed by atoms with Crippen molar-refractivity contribution >= 4 is 38.6 Å². The van der Waals surface area contributed by atoms with Crippen LogP contribution in [0.3, 0.4) is 0 Å². The lowest BCUT2D eigenvalue weighted by Gasteiger charge is -2.17. The number of fused-ring (bicyclic) bond motifs is 3. The predicted molar refractivity (Wildman–Crippen MR) is 78.2 cm³/mol. The van der Waals surface area contributed by atoms with E-state index in [9.17, 15) is 13.2 Å². The first-order valence-corrected chi connectivity index (χ1v) is 8.01. The number of sulfonamides is 1. The maximum absolute atomic E-state index is 12.4. The number of aryl methyl sites for hydroxylation is 1. The third-order valence-electron chi connectivity index (χ3n) is 3.01. The van der Waals surface area contributed by atoms with Gasteiger partial charge < -0.3 is 14.5 Å². The van der Waals surface area contributed by atoms with Crippen molar-refractivity contribution in [3.63, 3.8) is 0 Å². The summed E-state index contributed by atoms with van der Waals surface area (Å²) in [6.07, 6.45) is -0.248. The summed E-state index contributed by atoms with van der Waals surface area (Å²) in [6, 6.07) is 3.17. The smallest absolute Gasteiger partial charge is 0.313 e. The number of oxazole rings is 1. The molecule has 116 valence electrons. The Morgan fingerprint density at radius 1 is 1.41 bits per heavy atom. The van der Waals surface area contributed by atoms with Crippen LogP contribution in [0.4, 0.5) is 5.69 Å². The third kappa shape index (κ3) is 2.43. The van der Waals surface area contributed by atoms with Crippen molar-refractivity contribution in [3.8, 4) is 0 Å². The van der Waals surface area contributed by atoms with Gasteiger partial charge in [-0.05, 0) is 19.1 Å². The quantitative estimate of drug-likeness (QED) is 0.854. The van der Waals surface area contributed by atoms with Gasteiger partial charge in [-0.25, -0.2) is 4.98 Å². The SMILES string of the molecule is CCOC(=O)CC1=NS(=O)(=O)c2c(ccc3oc(C)nc23)N1. The minimum Gasteiger partial charge on any atom is -0.466 e. The van der Waals surface area contributed by atoms with E-state index >= 15 is 0 Å². The van der Waals surface area contributed by atoms with E-state index in [-0.39, 0.29) is 29.3 Å². The highest BCUT2D eigenvalue weighted by Crippen LogP contribution is 2.34. The zero-order valence-corrected chi connectivity index (χ0v) is 12.7. The van der Waals surface area contributed by atoms with Crippen LogP contribution in [-0.2, 0) is 19.6 Å². The summed E-state index contributed by atoms with van der Waals surface area (Å²) in [7, 11) is -3.97. The Hall–Kier alpha value is -2.42. The second-order valence-corrected chi connectivity index (χ2v) is 6.18. The van der Waals surface area contributed by atoms with Gasteiger partial charge in [-0.3, -0.25) is 4.79 Å². The Bertz CT molecular complexity index is 898. The zero-order valence-electron chi connectivity index (χ0n) is 11.9. The fraction of sp³-hybridized carbons (Fsp3) is 0.308. The summed E-state index contributed by atoms with van der Waals surface area (Å²) in [5.41, 5.74) is 0.905. The molecule has 8 nitrogen and oxygen atoms in total. The molecule has 3 rings (SSSR count). The molecule has 0 saturated carbocycles. The fourth-order valence-corrected chi connectivity index (χ4v) is 3.51. The number of ether oxygens (including phenoxy) is 1. The molecule has 1 aromatic heterocycles. The second-order valence-electron chi connectivity index (χ2n) is 4.64. The van der Waals surface area contributed by atoms with E-state index < -0.39 is 16.0 Å². The normalized spacial score (nSPS) is 15.8. The van der Waals surface area contributed by atoms with Gasteiger partial charge in [0.15, 0.2) is 11.5 Å². The molecule has 0 radical (unpaired) electrons. The maximum atomic E-state index is 12.4. The largest absolute Gasteiger partial charge is 0.466 e. The molecule has 0 bridgehead atoms. The van der Waals surface area contributed by atoms with Crippen LogP contribution in [-0.4, -0.2) is 31.8 Å². The number of amidine groups is 1. The van der Waals surface area contributed by atoms with Gasteiger partial charge in [0.2, 0.25) is 0 Å². The van der Waals surface area contributed by atoms with Crippen molar-refractivity contribution in [1.29, 1.82) is 0 Å². The minimum absolute atomic E-state index is 0.0190. The molecule has 0 spiro atoms. The molecule has 2 heterocycles. The fourth-order valence-electron chi connectivity index (χ4n) is 2.23. The van der Waals surface area contributed by atoms with Crippen molar-refractivity contribution in [3.05, 3.63) is 18.0 Å². The number of carbonyl (C=O) groups excluding carboxylic acids is 1. The molecule has 0 fully saturated rings. The molecule has 1 aliphatic heterocycles. The van der Waals surface area contributed by atoms with Gasteiger partial charge in [-0.15, -0.1) is 4.40 Å². The molecule has 2 aromatic rings. The highest BCUT2D eigenvalue weighted by molar-refractivity contribution is 7.90. The van der Waals surface area contributed by atoms with Gasteiger partial charge in [-0.2, -0.15) is 8.42 Å². The van der Waals surface area contributed by atoms with Crippen molar-refractivity contribution in [1.82, 2.24) is 4.98 Å². The lowest BCUT2D eigenvalue weighted by atomic mass is 10.2. The number of rotatable bonds is 3. The number of hydrogen-bond donors (Lipinski definition) is 1. The van der Waals surface area contributed by atoms with Crippen LogP contribution in [0.5, 0.6) is 0 Å². The maximum Gasteiger partial charge on any atom is 0.313 e. The second kappa shape index (κ2) is 5.09. The van der Waals surface area contributed by atoms with Gasteiger partial charge in [0.25, 0.3) is 10.0 Å². The minimum atomic E-state index is -3.97. The molecule has 22 heavy (non-hydrogen) atoms. The molecular formula is C13H13N3O5S. The predicted octanol–water partition coefficient (Wildman–Crippen LogP) is 1.60. The van der Waals surface area contributed by atoms with E-state index in [1.807, 2.05) is 0 Å². The van der Waals surface area contributed by atoms with E-state index in [1.54, 1.807) is 26.0 Å². The standard InChI is InChI=1S/C13H13N3O5S/c1-3-20-11(17)6-10-15-8-4-5-9-12(14-7(2)21-9)13(8)22(18,19)16-10/h4-5H,3,6H2,1-2H3,(H,15,16). The number of nitrogens with zero attached hydrogens (tertiary/aromatic N) is 2. The molecule has 0 amide bonds. The van der Waals surface area contributed by atoms with E-state index in [1.165, 1.54) is 0 Å². The molecular weight excluding hydrogens is 310 g/mol. The van der Waals surface area contributed by atoms with E-state index in [4.69, 9.17) is 9.15 Å². The average Bonchev–Trinajstić information content (AvgIpc) is 2.77. The molecule has 9 heteroatoms. The lowest BCUT2D eigenvalue weighted by Crippen LogP contribution is -2.25. The number of aromatic nitrogens is 1. The topological polar surface area (TPSA) is 111 Å². The molecule has 1 aliphatic rings. The van der Waals surface area contributed by atoms with Crippen molar-refractivity contribution in [2.45, 2.75) is 25.2 Å². The van der Waals surface area contributed by atoms with Gasteiger partial charge in [-0.1, -0.05) is 0 Å². The molecule has 1 aromatic carbocycles. The summed E-state index contributed by atoms with van der Waals surface area (Å²) >= 11 is 0. The van der Waals surface area contributed by atoms with Gasteiger partial charge in [0, 0.05) is 6.92 Å². The number of benzene rings is 1. The third-order valence-corrected chi connectivity index (χ3v) is 4.40. The van der Waals surface area contributed by atoms with Crippen LogP contribution in [0.2, 0.25) is 0 Å². The summed E-state index contributed by atoms with van der Waals surface area (Å²) in [6.45, 7) is 3.52. The van der Waals surface area contributed by atoms with Gasteiger partial charge in [0.1, 0.15) is 22.7 Å². The first kappa shape index (κ1) is 14.5. The monoisotopic (exact) mass is 323 g/mol. The van der Waals surface area contributed by atoms with Gasteiger partial charge in [0.05, 0.1) is 12.3 Å². The highest BCUT2D eigenvalue weighted by Gasteiger charge is 2.30. The Kier molecular flexibility index (Phi) is 3.36. The summed E-state index contributed by atoms with van der Waals surface area (Å²) in [5, 5.41) is 2.83. The number of nitrogens with one attached hydrogen (secondary N) is 1. The Morgan fingerprint density at radius 3 is 2.91 bits per heavy atom. The summed E-state index contributed by atoms with van der Waals surface area (Å²) in [4.78, 5) is 15.5.